The van der Waals surface area contributed by atoms with Crippen LogP contribution >= 0.6 is 0 Å². The third-order valence-corrected chi connectivity index (χ3v) is 3.94. The Bertz CT molecular complexity index is 644. The highest BCUT2D eigenvalue weighted by Crippen LogP contribution is 2.18. The maximum absolute atomic E-state index is 12.0. The number of nitrogens with one attached hydrogen (secondary N) is 1. The van der Waals surface area contributed by atoms with Crippen LogP contribution in [0.3, 0.4) is 0 Å². The summed E-state index contributed by atoms with van der Waals surface area (Å²) < 4.78 is 1.65. The first-order valence-corrected chi connectivity index (χ1v) is 6.80. The summed E-state index contributed by atoms with van der Waals surface area (Å²) in [7, 11) is 1.81. The Morgan fingerprint density at radius 2 is 2.32 bits per heavy atom. The number of aryl methyl sites for hydroxylation is 1. The SMILES string of the molecule is C[C@H]1CCCCN1Cc1nc2c(cnn2C)c(=O)[nH]1. The molecular weight excluding hydrogens is 242 g/mol. The lowest BCUT2D eigenvalue weighted by atomic mass is 10.0. The number of likely N-dealkylation sites (tertiary alicyclic amines) is 1. The van der Waals surface area contributed by atoms with Crippen LogP contribution in [-0.2, 0) is 13.6 Å². The lowest BCUT2D eigenvalue weighted by Crippen LogP contribution is -2.37. The Morgan fingerprint density at radius 1 is 1.47 bits per heavy atom. The third kappa shape index (κ3) is 2.28. The van der Waals surface area contributed by atoms with E-state index in [1.165, 1.54) is 19.3 Å². The Morgan fingerprint density at radius 3 is 3.11 bits per heavy atom. The monoisotopic (exact) mass is 261 g/mol. The van der Waals surface area contributed by atoms with Gasteiger partial charge >= 0.3 is 0 Å². The number of hydrogen-bond acceptors (Lipinski definition) is 4. The van der Waals surface area contributed by atoms with Crippen LogP contribution in [0.15, 0.2) is 11.0 Å². The highest BCUT2D eigenvalue weighted by Gasteiger charge is 2.19. The number of fused-ring (bicyclic) bond motifs is 1. The summed E-state index contributed by atoms with van der Waals surface area (Å²) in [6.45, 7) is 4.02. The van der Waals surface area contributed by atoms with Crippen LogP contribution in [0.2, 0.25) is 0 Å². The van der Waals surface area contributed by atoms with Crippen molar-refractivity contribution in [3.05, 3.63) is 22.4 Å². The Labute approximate surface area is 111 Å². The van der Waals surface area contributed by atoms with Crippen molar-refractivity contribution in [1.82, 2.24) is 24.6 Å². The van der Waals surface area contributed by atoms with Gasteiger partial charge in [-0.05, 0) is 26.3 Å². The van der Waals surface area contributed by atoms with Crippen molar-refractivity contribution in [3.8, 4) is 0 Å². The molecule has 2 aromatic heterocycles. The molecule has 1 aliphatic heterocycles. The van der Waals surface area contributed by atoms with Gasteiger partial charge in [0.15, 0.2) is 5.65 Å². The summed E-state index contributed by atoms with van der Waals surface area (Å²) in [6, 6.07) is 0.557. The molecule has 0 unspecified atom stereocenters. The van der Waals surface area contributed by atoms with E-state index in [1.54, 1.807) is 10.9 Å². The Balaban J connectivity index is 1.92. The first-order valence-electron chi connectivity index (χ1n) is 6.80. The first-order chi connectivity index (χ1) is 9.15. The molecule has 0 radical (unpaired) electrons. The van der Waals surface area contributed by atoms with E-state index in [1.807, 2.05) is 7.05 Å². The van der Waals surface area contributed by atoms with Gasteiger partial charge < -0.3 is 4.98 Å². The van der Waals surface area contributed by atoms with Gasteiger partial charge in [0.25, 0.3) is 5.56 Å². The molecule has 0 spiro atoms. The van der Waals surface area contributed by atoms with Gasteiger partial charge in [-0.15, -0.1) is 0 Å². The summed E-state index contributed by atoms with van der Waals surface area (Å²) in [5, 5.41) is 4.63. The fourth-order valence-electron chi connectivity index (χ4n) is 2.74. The molecule has 0 aromatic carbocycles. The summed E-state index contributed by atoms with van der Waals surface area (Å²) in [5.41, 5.74) is 0.557. The lowest BCUT2D eigenvalue weighted by Gasteiger charge is -2.32. The number of hydrogen-bond donors (Lipinski definition) is 1. The van der Waals surface area contributed by atoms with E-state index in [4.69, 9.17) is 0 Å². The smallest absolute Gasteiger partial charge is 0.262 e. The predicted octanol–water partition coefficient (Wildman–Crippen LogP) is 1.03. The van der Waals surface area contributed by atoms with E-state index in [9.17, 15) is 4.79 Å². The molecule has 6 nitrogen and oxygen atoms in total. The van der Waals surface area contributed by atoms with Crippen molar-refractivity contribution in [2.24, 2.45) is 7.05 Å². The minimum atomic E-state index is -0.0993. The quantitative estimate of drug-likeness (QED) is 0.877. The van der Waals surface area contributed by atoms with Gasteiger partial charge in [-0.3, -0.25) is 14.4 Å². The largest absolute Gasteiger partial charge is 0.309 e. The van der Waals surface area contributed by atoms with E-state index in [0.29, 0.717) is 23.6 Å². The average Bonchev–Trinajstić information content (AvgIpc) is 2.75. The number of aromatic nitrogens is 4. The minimum Gasteiger partial charge on any atom is -0.309 e. The van der Waals surface area contributed by atoms with E-state index >= 15 is 0 Å². The van der Waals surface area contributed by atoms with Crippen LogP contribution in [0, 0.1) is 0 Å². The molecule has 0 saturated carbocycles. The lowest BCUT2D eigenvalue weighted by molar-refractivity contribution is 0.149. The van der Waals surface area contributed by atoms with Crippen LogP contribution in [0.25, 0.3) is 11.0 Å². The summed E-state index contributed by atoms with van der Waals surface area (Å²) in [5.74, 6) is 0.731. The Kier molecular flexibility index (Phi) is 3.10. The summed E-state index contributed by atoms with van der Waals surface area (Å²) >= 11 is 0. The number of piperidine rings is 1. The van der Waals surface area contributed by atoms with E-state index in [0.717, 1.165) is 12.4 Å². The number of aromatic amines is 1. The molecule has 0 amide bonds. The molecule has 1 aliphatic rings. The van der Waals surface area contributed by atoms with Crippen LogP contribution in [0.1, 0.15) is 32.0 Å². The van der Waals surface area contributed by atoms with Gasteiger partial charge in [0, 0.05) is 13.1 Å². The van der Waals surface area contributed by atoms with Crippen LogP contribution in [0.5, 0.6) is 0 Å². The summed E-state index contributed by atoms with van der Waals surface area (Å²) in [6.07, 6.45) is 5.30. The zero-order chi connectivity index (χ0) is 13.4. The normalized spacial score (nSPS) is 21.1. The zero-order valence-electron chi connectivity index (χ0n) is 11.4. The minimum absolute atomic E-state index is 0.0993. The second kappa shape index (κ2) is 4.77. The predicted molar refractivity (Wildman–Crippen MR) is 72.9 cm³/mol. The highest BCUT2D eigenvalue weighted by atomic mass is 16.1. The topological polar surface area (TPSA) is 66.8 Å². The number of rotatable bonds is 2. The molecule has 19 heavy (non-hydrogen) atoms. The van der Waals surface area contributed by atoms with Crippen LogP contribution < -0.4 is 5.56 Å². The van der Waals surface area contributed by atoms with Gasteiger partial charge in [0.1, 0.15) is 11.2 Å². The average molecular weight is 261 g/mol. The number of nitrogens with zero attached hydrogens (tertiary/aromatic N) is 4. The highest BCUT2D eigenvalue weighted by molar-refractivity contribution is 5.72. The molecule has 1 fully saturated rings. The van der Waals surface area contributed by atoms with Crippen LogP contribution in [0.4, 0.5) is 0 Å². The second-order valence-corrected chi connectivity index (χ2v) is 5.33. The molecule has 1 saturated heterocycles. The molecule has 0 bridgehead atoms. The zero-order valence-corrected chi connectivity index (χ0v) is 11.4. The van der Waals surface area contributed by atoms with E-state index in [2.05, 4.69) is 26.9 Å². The van der Waals surface area contributed by atoms with Gasteiger partial charge in [-0.1, -0.05) is 6.42 Å². The van der Waals surface area contributed by atoms with Crippen molar-refractivity contribution in [1.29, 1.82) is 0 Å². The first kappa shape index (κ1) is 12.3. The molecule has 2 aromatic rings. The number of H-pyrrole nitrogens is 1. The third-order valence-electron chi connectivity index (χ3n) is 3.94. The van der Waals surface area contributed by atoms with Crippen LogP contribution in [-0.4, -0.2) is 37.2 Å². The maximum Gasteiger partial charge on any atom is 0.262 e. The molecule has 102 valence electrons. The molecule has 6 heteroatoms. The molecular formula is C13H19N5O. The Hall–Kier alpha value is -1.69. The fourth-order valence-corrected chi connectivity index (χ4v) is 2.74. The second-order valence-electron chi connectivity index (χ2n) is 5.33. The van der Waals surface area contributed by atoms with Crippen molar-refractivity contribution in [3.63, 3.8) is 0 Å². The van der Waals surface area contributed by atoms with Crippen molar-refractivity contribution >= 4 is 11.0 Å². The molecule has 0 aliphatic carbocycles. The maximum atomic E-state index is 12.0. The standard InChI is InChI=1S/C13H19N5O/c1-9-5-3-4-6-18(9)8-11-15-12-10(13(19)16-11)7-14-17(12)2/h7,9H,3-6,8H2,1-2H3,(H,15,16,19)/t9-/m0/s1. The fraction of sp³-hybridized carbons (Fsp3) is 0.615. The van der Waals surface area contributed by atoms with Gasteiger partial charge in [-0.2, -0.15) is 5.10 Å². The molecule has 3 rings (SSSR count). The molecule has 1 N–H and O–H groups in total. The van der Waals surface area contributed by atoms with Crippen molar-refractivity contribution in [2.45, 2.75) is 38.8 Å². The van der Waals surface area contributed by atoms with Crippen molar-refractivity contribution in [2.75, 3.05) is 6.54 Å². The van der Waals surface area contributed by atoms with Crippen molar-refractivity contribution < 1.29 is 0 Å². The molecule has 3 heterocycles. The molecule has 1 atom stereocenters. The van der Waals surface area contributed by atoms with Gasteiger partial charge in [0.05, 0.1) is 12.7 Å². The van der Waals surface area contributed by atoms with E-state index < -0.39 is 0 Å². The summed E-state index contributed by atoms with van der Waals surface area (Å²) in [4.78, 5) is 21.7. The van der Waals surface area contributed by atoms with E-state index in [-0.39, 0.29) is 5.56 Å². The van der Waals surface area contributed by atoms with Gasteiger partial charge in [-0.25, -0.2) is 4.98 Å². The van der Waals surface area contributed by atoms with Gasteiger partial charge in [0.2, 0.25) is 0 Å².